The molecule has 2 aromatic rings. The molecule has 0 spiro atoms. The minimum Gasteiger partial charge on any atom is -0.355 e. The summed E-state index contributed by atoms with van der Waals surface area (Å²) in [6.45, 7) is 2.69. The van der Waals surface area contributed by atoms with Gasteiger partial charge in [-0.1, -0.05) is 37.3 Å². The molecule has 0 saturated heterocycles. The molecular weight excluding hydrogens is 310 g/mol. The van der Waals surface area contributed by atoms with E-state index in [-0.39, 0.29) is 24.7 Å². The molecule has 1 aromatic heterocycles. The van der Waals surface area contributed by atoms with Gasteiger partial charge in [-0.15, -0.1) is 11.3 Å². The van der Waals surface area contributed by atoms with Gasteiger partial charge in [0.1, 0.15) is 0 Å². The van der Waals surface area contributed by atoms with E-state index in [1.54, 1.807) is 11.6 Å². The number of benzene rings is 1. The summed E-state index contributed by atoms with van der Waals surface area (Å²) in [6, 6.07) is 10.1. The molecular formula is C17H21N3O2S. The van der Waals surface area contributed by atoms with E-state index in [0.717, 1.165) is 6.42 Å². The van der Waals surface area contributed by atoms with Crippen molar-refractivity contribution < 1.29 is 9.59 Å². The predicted octanol–water partition coefficient (Wildman–Crippen LogP) is 3.17. The first-order valence-corrected chi connectivity index (χ1v) is 8.58. The molecule has 6 heteroatoms. The fraction of sp³-hybridized carbons (Fsp3) is 0.353. The van der Waals surface area contributed by atoms with E-state index in [1.807, 2.05) is 18.2 Å². The SMILES string of the molecule is CC[C@@H](CNC(=O)CCC(=O)Nc1nccs1)c1ccccc1. The molecule has 0 bridgehead atoms. The van der Waals surface area contributed by atoms with Gasteiger partial charge in [-0.3, -0.25) is 9.59 Å². The fourth-order valence-corrected chi connectivity index (χ4v) is 2.79. The van der Waals surface area contributed by atoms with Gasteiger partial charge in [0.05, 0.1) is 0 Å². The molecule has 0 unspecified atom stereocenters. The molecule has 2 amide bonds. The van der Waals surface area contributed by atoms with Gasteiger partial charge in [-0.05, 0) is 12.0 Å². The quantitative estimate of drug-likeness (QED) is 0.780. The Labute approximate surface area is 140 Å². The molecule has 0 fully saturated rings. The average Bonchev–Trinajstić information content (AvgIpc) is 3.07. The molecule has 0 radical (unpaired) electrons. The van der Waals surface area contributed by atoms with Crippen LogP contribution in [0.4, 0.5) is 5.13 Å². The Morgan fingerprint density at radius 1 is 1.17 bits per heavy atom. The standard InChI is InChI=1S/C17H21N3O2S/c1-2-13(14-6-4-3-5-7-14)12-19-15(21)8-9-16(22)20-17-18-10-11-23-17/h3-7,10-11,13H,2,8-9,12H2,1H3,(H,19,21)(H,18,20,22)/t13-/m0/s1. The van der Waals surface area contributed by atoms with E-state index in [0.29, 0.717) is 17.6 Å². The monoisotopic (exact) mass is 331 g/mol. The third-order valence-electron chi connectivity index (χ3n) is 3.57. The van der Waals surface area contributed by atoms with Crippen LogP contribution in [0.2, 0.25) is 0 Å². The van der Waals surface area contributed by atoms with E-state index in [9.17, 15) is 9.59 Å². The summed E-state index contributed by atoms with van der Waals surface area (Å²) < 4.78 is 0. The van der Waals surface area contributed by atoms with Crippen molar-refractivity contribution >= 4 is 28.3 Å². The van der Waals surface area contributed by atoms with Crippen molar-refractivity contribution in [1.29, 1.82) is 0 Å². The average molecular weight is 331 g/mol. The first-order chi connectivity index (χ1) is 11.2. The zero-order valence-electron chi connectivity index (χ0n) is 13.1. The highest BCUT2D eigenvalue weighted by Gasteiger charge is 2.12. The zero-order valence-corrected chi connectivity index (χ0v) is 13.9. The Balaban J connectivity index is 1.71. The van der Waals surface area contributed by atoms with E-state index in [2.05, 4.69) is 34.7 Å². The molecule has 1 aromatic carbocycles. The normalized spacial score (nSPS) is 11.7. The number of hydrogen-bond acceptors (Lipinski definition) is 4. The van der Waals surface area contributed by atoms with Gasteiger partial charge in [-0.2, -0.15) is 0 Å². The predicted molar refractivity (Wildman–Crippen MR) is 92.5 cm³/mol. The largest absolute Gasteiger partial charge is 0.355 e. The second-order valence-corrected chi connectivity index (χ2v) is 6.10. The molecule has 23 heavy (non-hydrogen) atoms. The maximum absolute atomic E-state index is 11.9. The van der Waals surface area contributed by atoms with Crippen LogP contribution in [0.15, 0.2) is 41.9 Å². The summed E-state index contributed by atoms with van der Waals surface area (Å²) in [6.07, 6.45) is 2.92. The second kappa shape index (κ2) is 9.05. The Bertz CT molecular complexity index is 614. The van der Waals surface area contributed by atoms with Crippen molar-refractivity contribution in [3.8, 4) is 0 Å². The van der Waals surface area contributed by atoms with Crippen LogP contribution in [0.25, 0.3) is 0 Å². The molecule has 2 N–H and O–H groups in total. The van der Waals surface area contributed by atoms with E-state index in [1.165, 1.54) is 16.9 Å². The summed E-state index contributed by atoms with van der Waals surface area (Å²) >= 11 is 1.36. The van der Waals surface area contributed by atoms with Crippen molar-refractivity contribution in [2.75, 3.05) is 11.9 Å². The first-order valence-electron chi connectivity index (χ1n) is 7.70. The third kappa shape index (κ3) is 5.83. The molecule has 0 aliphatic rings. The van der Waals surface area contributed by atoms with Crippen LogP contribution in [0.5, 0.6) is 0 Å². The molecule has 5 nitrogen and oxygen atoms in total. The summed E-state index contributed by atoms with van der Waals surface area (Å²) in [5.41, 5.74) is 1.22. The molecule has 122 valence electrons. The number of hydrogen-bond donors (Lipinski definition) is 2. The van der Waals surface area contributed by atoms with Gasteiger partial charge >= 0.3 is 0 Å². The van der Waals surface area contributed by atoms with Crippen LogP contribution < -0.4 is 10.6 Å². The second-order valence-electron chi connectivity index (χ2n) is 5.21. The smallest absolute Gasteiger partial charge is 0.226 e. The Kier molecular flexibility index (Phi) is 6.75. The number of carbonyl (C=O) groups is 2. The van der Waals surface area contributed by atoms with Crippen LogP contribution in [0.3, 0.4) is 0 Å². The highest BCUT2D eigenvalue weighted by atomic mass is 32.1. The van der Waals surface area contributed by atoms with Gasteiger partial charge < -0.3 is 10.6 Å². The Hall–Kier alpha value is -2.21. The number of carbonyl (C=O) groups excluding carboxylic acids is 2. The third-order valence-corrected chi connectivity index (χ3v) is 4.26. The Morgan fingerprint density at radius 3 is 2.57 bits per heavy atom. The maximum atomic E-state index is 11.9. The van der Waals surface area contributed by atoms with E-state index >= 15 is 0 Å². The lowest BCUT2D eigenvalue weighted by atomic mass is 9.96. The van der Waals surface area contributed by atoms with Crippen LogP contribution >= 0.6 is 11.3 Å². The minimum atomic E-state index is -0.190. The summed E-state index contributed by atoms with van der Waals surface area (Å²) in [4.78, 5) is 27.6. The topological polar surface area (TPSA) is 71.1 Å². The number of nitrogens with one attached hydrogen (secondary N) is 2. The van der Waals surface area contributed by atoms with E-state index < -0.39 is 0 Å². The lowest BCUT2D eigenvalue weighted by Gasteiger charge is -2.16. The summed E-state index contributed by atoms with van der Waals surface area (Å²) in [7, 11) is 0. The lowest BCUT2D eigenvalue weighted by molar-refractivity contribution is -0.124. The number of aromatic nitrogens is 1. The van der Waals surface area contributed by atoms with Crippen molar-refractivity contribution in [3.05, 3.63) is 47.5 Å². The fourth-order valence-electron chi connectivity index (χ4n) is 2.24. The van der Waals surface area contributed by atoms with Crippen molar-refractivity contribution in [2.45, 2.75) is 32.1 Å². The van der Waals surface area contributed by atoms with Gasteiger partial charge in [0.25, 0.3) is 0 Å². The number of anilines is 1. The summed E-state index contributed by atoms with van der Waals surface area (Å²) in [5.74, 6) is 0.00293. The van der Waals surface area contributed by atoms with Gasteiger partial charge in [0, 0.05) is 36.9 Å². The molecule has 0 aliphatic heterocycles. The highest BCUT2D eigenvalue weighted by Crippen LogP contribution is 2.18. The molecule has 1 atom stereocenters. The molecule has 1 heterocycles. The number of rotatable bonds is 8. The number of thiazole rings is 1. The van der Waals surface area contributed by atoms with Gasteiger partial charge in [-0.25, -0.2) is 4.98 Å². The highest BCUT2D eigenvalue weighted by molar-refractivity contribution is 7.13. The molecule has 0 saturated carbocycles. The zero-order chi connectivity index (χ0) is 16.5. The van der Waals surface area contributed by atoms with Crippen LogP contribution in [0.1, 0.15) is 37.7 Å². The van der Waals surface area contributed by atoms with Crippen molar-refractivity contribution in [3.63, 3.8) is 0 Å². The van der Waals surface area contributed by atoms with Crippen molar-refractivity contribution in [2.24, 2.45) is 0 Å². The number of amides is 2. The van der Waals surface area contributed by atoms with Gasteiger partial charge in [0.2, 0.25) is 11.8 Å². The van der Waals surface area contributed by atoms with Crippen LogP contribution in [-0.4, -0.2) is 23.3 Å². The van der Waals surface area contributed by atoms with Gasteiger partial charge in [0.15, 0.2) is 5.13 Å². The number of nitrogens with zero attached hydrogens (tertiary/aromatic N) is 1. The minimum absolute atomic E-state index is 0.103. The maximum Gasteiger partial charge on any atom is 0.226 e. The summed E-state index contributed by atoms with van der Waals surface area (Å²) in [5, 5.41) is 7.93. The van der Waals surface area contributed by atoms with Crippen LogP contribution in [0, 0.1) is 0 Å². The molecule has 2 rings (SSSR count). The lowest BCUT2D eigenvalue weighted by Crippen LogP contribution is -2.29. The first kappa shape index (κ1) is 17.1. The molecule has 0 aliphatic carbocycles. The van der Waals surface area contributed by atoms with Crippen molar-refractivity contribution in [1.82, 2.24) is 10.3 Å². The Morgan fingerprint density at radius 2 is 1.91 bits per heavy atom. The van der Waals surface area contributed by atoms with Crippen LogP contribution in [-0.2, 0) is 9.59 Å². The van der Waals surface area contributed by atoms with E-state index in [4.69, 9.17) is 0 Å².